The number of rotatable bonds is 2. The maximum Gasteiger partial charge on any atom is 0.119 e. The standard InChI is InChI=1S/C18H16BrClO/c1-11-9-13-10-15(21-2)7-8-16(13)17(18(11)19)12-3-5-14(20)6-4-12/h3-8,10-11H,9H2,1-2H3/t11-/m1/s1. The smallest absolute Gasteiger partial charge is 0.119 e. The van der Waals surface area contributed by atoms with Gasteiger partial charge in [-0.3, -0.25) is 0 Å². The molecule has 1 nitrogen and oxygen atoms in total. The van der Waals surface area contributed by atoms with Crippen molar-refractivity contribution in [3.63, 3.8) is 0 Å². The summed E-state index contributed by atoms with van der Waals surface area (Å²) in [7, 11) is 1.71. The van der Waals surface area contributed by atoms with Crippen molar-refractivity contribution in [3.05, 3.63) is 68.7 Å². The van der Waals surface area contributed by atoms with Gasteiger partial charge in [-0.2, -0.15) is 0 Å². The molecule has 21 heavy (non-hydrogen) atoms. The Balaban J connectivity index is 2.18. The van der Waals surface area contributed by atoms with Gasteiger partial charge in [0.1, 0.15) is 5.75 Å². The zero-order chi connectivity index (χ0) is 15.0. The molecule has 0 amide bonds. The van der Waals surface area contributed by atoms with Crippen molar-refractivity contribution in [1.82, 2.24) is 0 Å². The number of ether oxygens (including phenoxy) is 1. The van der Waals surface area contributed by atoms with E-state index in [1.54, 1.807) is 7.11 Å². The molecule has 0 heterocycles. The third-order valence-electron chi connectivity index (χ3n) is 3.91. The lowest BCUT2D eigenvalue weighted by Gasteiger charge is -2.26. The Labute approximate surface area is 138 Å². The monoisotopic (exact) mass is 362 g/mol. The molecule has 0 aliphatic heterocycles. The molecule has 0 unspecified atom stereocenters. The van der Waals surface area contributed by atoms with Crippen molar-refractivity contribution < 1.29 is 4.74 Å². The molecule has 0 spiro atoms. The Morgan fingerprint density at radius 3 is 2.52 bits per heavy atom. The van der Waals surface area contributed by atoms with Crippen molar-refractivity contribution >= 4 is 33.1 Å². The second-order valence-corrected chi connectivity index (χ2v) is 6.65. The molecular formula is C18H16BrClO. The number of halogens is 2. The molecule has 1 aliphatic rings. The lowest BCUT2D eigenvalue weighted by atomic mass is 9.82. The number of allylic oxidation sites excluding steroid dienone is 1. The first kappa shape index (κ1) is 14.7. The molecule has 2 aromatic rings. The van der Waals surface area contributed by atoms with Crippen LogP contribution in [0.1, 0.15) is 23.6 Å². The van der Waals surface area contributed by atoms with E-state index in [-0.39, 0.29) is 0 Å². The van der Waals surface area contributed by atoms with Crippen LogP contribution in [0, 0.1) is 5.92 Å². The summed E-state index contributed by atoms with van der Waals surface area (Å²) < 4.78 is 6.61. The van der Waals surface area contributed by atoms with Gasteiger partial charge in [-0.15, -0.1) is 0 Å². The minimum atomic E-state index is 0.454. The summed E-state index contributed by atoms with van der Waals surface area (Å²) in [6, 6.07) is 14.3. The van der Waals surface area contributed by atoms with Crippen LogP contribution in [0.2, 0.25) is 5.02 Å². The van der Waals surface area contributed by atoms with Crippen molar-refractivity contribution in [1.29, 1.82) is 0 Å². The van der Waals surface area contributed by atoms with Crippen molar-refractivity contribution in [2.75, 3.05) is 7.11 Å². The van der Waals surface area contributed by atoms with E-state index in [0.717, 1.165) is 17.2 Å². The molecule has 0 bridgehead atoms. The largest absolute Gasteiger partial charge is 0.497 e. The molecule has 3 rings (SSSR count). The van der Waals surface area contributed by atoms with Gasteiger partial charge in [-0.1, -0.05) is 52.7 Å². The SMILES string of the molecule is COc1ccc2c(c1)C[C@@H](C)C(Br)=C2c1ccc(Cl)cc1. The van der Waals surface area contributed by atoms with E-state index in [1.165, 1.54) is 26.7 Å². The Bertz CT molecular complexity index is 704. The maximum atomic E-state index is 6.01. The van der Waals surface area contributed by atoms with Gasteiger partial charge in [0.15, 0.2) is 0 Å². The van der Waals surface area contributed by atoms with Crippen LogP contribution in [0.5, 0.6) is 5.75 Å². The third-order valence-corrected chi connectivity index (χ3v) is 5.34. The van der Waals surface area contributed by atoms with Crippen LogP contribution in [0.3, 0.4) is 0 Å². The van der Waals surface area contributed by atoms with Crippen LogP contribution in [-0.2, 0) is 6.42 Å². The van der Waals surface area contributed by atoms with Crippen molar-refractivity contribution in [2.45, 2.75) is 13.3 Å². The van der Waals surface area contributed by atoms with Crippen molar-refractivity contribution in [2.24, 2.45) is 5.92 Å². The zero-order valence-electron chi connectivity index (χ0n) is 12.0. The average molecular weight is 364 g/mol. The number of benzene rings is 2. The first-order valence-electron chi connectivity index (χ1n) is 6.93. The molecule has 0 radical (unpaired) electrons. The predicted octanol–water partition coefficient (Wildman–Crippen LogP) is 5.70. The molecule has 0 saturated heterocycles. The summed E-state index contributed by atoms with van der Waals surface area (Å²) >= 11 is 9.81. The second-order valence-electron chi connectivity index (χ2n) is 5.36. The lowest BCUT2D eigenvalue weighted by Crippen LogP contribution is -2.11. The van der Waals surface area contributed by atoms with Crippen LogP contribution in [-0.4, -0.2) is 7.11 Å². The van der Waals surface area contributed by atoms with Gasteiger partial charge in [0, 0.05) is 9.51 Å². The van der Waals surface area contributed by atoms with E-state index >= 15 is 0 Å². The van der Waals surface area contributed by atoms with E-state index in [1.807, 2.05) is 18.2 Å². The summed E-state index contributed by atoms with van der Waals surface area (Å²) in [5.74, 6) is 1.37. The Kier molecular flexibility index (Phi) is 4.10. The Hall–Kier alpha value is -1.25. The van der Waals surface area contributed by atoms with Gasteiger partial charge in [-0.05, 0) is 58.9 Å². The minimum absolute atomic E-state index is 0.454. The molecule has 0 saturated carbocycles. The quantitative estimate of drug-likeness (QED) is 0.665. The third kappa shape index (κ3) is 2.75. The average Bonchev–Trinajstić information content (AvgIpc) is 2.49. The number of hydrogen-bond donors (Lipinski definition) is 0. The molecule has 0 fully saturated rings. The predicted molar refractivity (Wildman–Crippen MR) is 92.3 cm³/mol. The van der Waals surface area contributed by atoms with Gasteiger partial charge in [0.25, 0.3) is 0 Å². The van der Waals surface area contributed by atoms with E-state index in [0.29, 0.717) is 5.92 Å². The topological polar surface area (TPSA) is 9.23 Å². The Morgan fingerprint density at radius 2 is 1.86 bits per heavy atom. The summed E-state index contributed by atoms with van der Waals surface area (Å²) in [5, 5.41) is 0.759. The second kappa shape index (κ2) is 5.86. The molecule has 2 aromatic carbocycles. The van der Waals surface area contributed by atoms with Crippen LogP contribution < -0.4 is 4.74 Å². The van der Waals surface area contributed by atoms with Crippen molar-refractivity contribution in [3.8, 4) is 5.75 Å². The van der Waals surface area contributed by atoms with E-state index in [9.17, 15) is 0 Å². The normalized spacial score (nSPS) is 17.6. The van der Waals surface area contributed by atoms with E-state index in [4.69, 9.17) is 16.3 Å². The van der Waals surface area contributed by atoms with E-state index < -0.39 is 0 Å². The first-order valence-corrected chi connectivity index (χ1v) is 8.10. The summed E-state index contributed by atoms with van der Waals surface area (Å²) in [4.78, 5) is 0. The lowest BCUT2D eigenvalue weighted by molar-refractivity contribution is 0.414. The van der Waals surface area contributed by atoms with Gasteiger partial charge >= 0.3 is 0 Å². The summed E-state index contributed by atoms with van der Waals surface area (Å²) in [6.07, 6.45) is 1.02. The van der Waals surface area contributed by atoms with Crippen LogP contribution in [0.25, 0.3) is 5.57 Å². The molecular weight excluding hydrogens is 348 g/mol. The molecule has 1 atom stereocenters. The molecule has 1 aliphatic carbocycles. The molecule has 0 aromatic heterocycles. The highest BCUT2D eigenvalue weighted by Gasteiger charge is 2.24. The minimum Gasteiger partial charge on any atom is -0.497 e. The van der Waals surface area contributed by atoms with Crippen LogP contribution >= 0.6 is 27.5 Å². The first-order chi connectivity index (χ1) is 10.1. The fourth-order valence-electron chi connectivity index (χ4n) is 2.81. The number of hydrogen-bond acceptors (Lipinski definition) is 1. The van der Waals surface area contributed by atoms with E-state index in [2.05, 4.69) is 47.1 Å². The van der Waals surface area contributed by atoms with Gasteiger partial charge < -0.3 is 4.74 Å². The van der Waals surface area contributed by atoms with Gasteiger partial charge in [0.05, 0.1) is 7.11 Å². The molecule has 3 heteroatoms. The summed E-state index contributed by atoms with van der Waals surface area (Å²) in [6.45, 7) is 2.24. The number of methoxy groups -OCH3 is 1. The number of fused-ring (bicyclic) bond motifs is 1. The summed E-state index contributed by atoms with van der Waals surface area (Å²) in [5.41, 5.74) is 5.03. The highest BCUT2D eigenvalue weighted by Crippen LogP contribution is 2.42. The highest BCUT2D eigenvalue weighted by atomic mass is 79.9. The molecule has 0 N–H and O–H groups in total. The van der Waals surface area contributed by atoms with Crippen LogP contribution in [0.4, 0.5) is 0 Å². The maximum absolute atomic E-state index is 6.01. The van der Waals surface area contributed by atoms with Gasteiger partial charge in [-0.25, -0.2) is 0 Å². The fraction of sp³-hybridized carbons (Fsp3) is 0.222. The Morgan fingerprint density at radius 1 is 1.14 bits per heavy atom. The fourth-order valence-corrected chi connectivity index (χ4v) is 3.54. The van der Waals surface area contributed by atoms with Crippen LogP contribution in [0.15, 0.2) is 46.9 Å². The highest BCUT2D eigenvalue weighted by molar-refractivity contribution is 9.11. The zero-order valence-corrected chi connectivity index (χ0v) is 14.3. The molecule has 108 valence electrons. The van der Waals surface area contributed by atoms with Gasteiger partial charge in [0.2, 0.25) is 0 Å².